The molecule has 2 heterocycles. The third-order valence-corrected chi connectivity index (χ3v) is 5.11. The number of hydrogen-bond acceptors (Lipinski definition) is 2. The first-order valence-corrected chi connectivity index (χ1v) is 8.38. The van der Waals surface area contributed by atoms with Crippen LogP contribution in [0.15, 0.2) is 48.5 Å². The summed E-state index contributed by atoms with van der Waals surface area (Å²) in [4.78, 5) is 17.4. The van der Waals surface area contributed by atoms with Crippen LogP contribution in [0.2, 0.25) is 0 Å². The number of nitrogens with zero attached hydrogens (tertiary/aromatic N) is 2. The highest BCUT2D eigenvalue weighted by molar-refractivity contribution is 5.98. The Morgan fingerprint density at radius 1 is 1.04 bits per heavy atom. The van der Waals surface area contributed by atoms with E-state index in [0.717, 1.165) is 43.7 Å². The van der Waals surface area contributed by atoms with Gasteiger partial charge in [0.25, 0.3) is 5.91 Å². The Morgan fingerprint density at radius 2 is 1.87 bits per heavy atom. The molecule has 0 aromatic heterocycles. The summed E-state index contributed by atoms with van der Waals surface area (Å²) >= 11 is 0. The number of benzene rings is 2. The van der Waals surface area contributed by atoms with Crippen LogP contribution in [0, 0.1) is 6.92 Å². The van der Waals surface area contributed by atoms with Gasteiger partial charge in [0.2, 0.25) is 0 Å². The molecule has 4 rings (SSSR count). The second kappa shape index (κ2) is 5.82. The number of aryl methyl sites for hydroxylation is 1. The number of rotatable bonds is 2. The van der Waals surface area contributed by atoms with Crippen LogP contribution < -0.4 is 0 Å². The van der Waals surface area contributed by atoms with E-state index in [2.05, 4.69) is 52.3 Å². The van der Waals surface area contributed by atoms with Gasteiger partial charge in [-0.1, -0.05) is 48.5 Å². The molecule has 2 aromatic rings. The summed E-state index contributed by atoms with van der Waals surface area (Å²) < 4.78 is 0. The van der Waals surface area contributed by atoms with Crippen molar-refractivity contribution in [3.8, 4) is 0 Å². The summed E-state index contributed by atoms with van der Waals surface area (Å²) in [6, 6.07) is 17.1. The molecule has 0 aliphatic carbocycles. The van der Waals surface area contributed by atoms with Crippen molar-refractivity contribution in [2.45, 2.75) is 25.9 Å². The molecule has 0 N–H and O–H groups in total. The quantitative estimate of drug-likeness (QED) is 0.852. The molecule has 0 radical (unpaired) electrons. The molecule has 0 spiro atoms. The van der Waals surface area contributed by atoms with E-state index in [9.17, 15) is 4.79 Å². The Hall–Kier alpha value is -2.13. The van der Waals surface area contributed by atoms with E-state index in [1.807, 2.05) is 13.0 Å². The average Bonchev–Trinajstić information content (AvgIpc) is 2.55. The summed E-state index contributed by atoms with van der Waals surface area (Å²) in [6.45, 7) is 5.78. The highest BCUT2D eigenvalue weighted by Gasteiger charge is 2.36. The maximum atomic E-state index is 12.8. The van der Waals surface area contributed by atoms with E-state index in [4.69, 9.17) is 0 Å². The lowest BCUT2D eigenvalue weighted by Gasteiger charge is -2.44. The largest absolute Gasteiger partial charge is 0.333 e. The molecule has 3 heteroatoms. The zero-order valence-corrected chi connectivity index (χ0v) is 13.5. The van der Waals surface area contributed by atoms with Gasteiger partial charge in [-0.05, 0) is 30.0 Å². The van der Waals surface area contributed by atoms with Crippen molar-refractivity contribution >= 4 is 5.91 Å². The van der Waals surface area contributed by atoms with Crippen LogP contribution in [-0.4, -0.2) is 41.4 Å². The van der Waals surface area contributed by atoms with E-state index in [-0.39, 0.29) is 5.91 Å². The highest BCUT2D eigenvalue weighted by atomic mass is 16.2. The minimum atomic E-state index is 0.230. The van der Waals surface area contributed by atoms with E-state index < -0.39 is 0 Å². The standard InChI is InChI=1S/C20H22N2O/c1-15-6-5-9-17-12-18-14-21(13-16-7-3-2-4-8-16)10-11-22(18)20(23)19(15)17/h2-9,18H,10-14H2,1H3. The summed E-state index contributed by atoms with van der Waals surface area (Å²) in [5.41, 5.74) is 4.62. The SMILES string of the molecule is Cc1cccc2c1C(=O)N1CCN(Cc3ccccc3)CC1C2. The zero-order valence-electron chi connectivity index (χ0n) is 13.5. The third kappa shape index (κ3) is 2.66. The van der Waals surface area contributed by atoms with Crippen molar-refractivity contribution < 1.29 is 4.79 Å². The fourth-order valence-corrected chi connectivity index (χ4v) is 3.95. The van der Waals surface area contributed by atoms with Crippen LogP contribution >= 0.6 is 0 Å². The first kappa shape index (κ1) is 14.5. The van der Waals surface area contributed by atoms with Crippen molar-refractivity contribution in [1.82, 2.24) is 9.80 Å². The minimum Gasteiger partial charge on any atom is -0.333 e. The maximum absolute atomic E-state index is 12.8. The summed E-state index contributed by atoms with van der Waals surface area (Å²) in [7, 11) is 0. The Morgan fingerprint density at radius 3 is 2.70 bits per heavy atom. The summed E-state index contributed by atoms with van der Waals surface area (Å²) in [5, 5.41) is 0. The Labute approximate surface area is 137 Å². The maximum Gasteiger partial charge on any atom is 0.254 e. The molecule has 2 aliphatic rings. The number of hydrogen-bond donors (Lipinski definition) is 0. The van der Waals surface area contributed by atoms with Crippen LogP contribution in [-0.2, 0) is 13.0 Å². The molecule has 2 aliphatic heterocycles. The summed E-state index contributed by atoms with van der Waals surface area (Å²) in [5.74, 6) is 0.230. The van der Waals surface area contributed by atoms with Crippen LogP contribution in [0.4, 0.5) is 0 Å². The van der Waals surface area contributed by atoms with Gasteiger partial charge >= 0.3 is 0 Å². The van der Waals surface area contributed by atoms with Crippen LogP contribution in [0.25, 0.3) is 0 Å². The summed E-state index contributed by atoms with van der Waals surface area (Å²) in [6.07, 6.45) is 0.980. The predicted molar refractivity (Wildman–Crippen MR) is 91.4 cm³/mol. The number of piperazine rings is 1. The van der Waals surface area contributed by atoms with Gasteiger partial charge in [0, 0.05) is 37.8 Å². The first-order valence-electron chi connectivity index (χ1n) is 8.38. The van der Waals surface area contributed by atoms with Gasteiger partial charge in [-0.3, -0.25) is 9.69 Å². The molecule has 23 heavy (non-hydrogen) atoms. The highest BCUT2D eigenvalue weighted by Crippen LogP contribution is 2.28. The lowest BCUT2D eigenvalue weighted by atomic mass is 9.89. The zero-order chi connectivity index (χ0) is 15.8. The van der Waals surface area contributed by atoms with Gasteiger partial charge in [0.1, 0.15) is 0 Å². The number of carbonyl (C=O) groups excluding carboxylic acids is 1. The molecule has 1 saturated heterocycles. The van der Waals surface area contributed by atoms with E-state index in [1.165, 1.54) is 11.1 Å². The molecule has 0 bridgehead atoms. The van der Waals surface area contributed by atoms with E-state index in [0.29, 0.717) is 6.04 Å². The van der Waals surface area contributed by atoms with Gasteiger partial charge < -0.3 is 4.90 Å². The minimum absolute atomic E-state index is 0.230. The molecular formula is C20H22N2O. The van der Waals surface area contributed by atoms with Crippen molar-refractivity contribution in [1.29, 1.82) is 0 Å². The van der Waals surface area contributed by atoms with Crippen LogP contribution in [0.1, 0.15) is 27.0 Å². The predicted octanol–water partition coefficient (Wildman–Crippen LogP) is 2.88. The van der Waals surface area contributed by atoms with E-state index in [1.54, 1.807) is 0 Å². The van der Waals surface area contributed by atoms with Gasteiger partial charge in [0.15, 0.2) is 0 Å². The van der Waals surface area contributed by atoms with Crippen molar-refractivity contribution in [2.24, 2.45) is 0 Å². The van der Waals surface area contributed by atoms with Crippen molar-refractivity contribution in [2.75, 3.05) is 19.6 Å². The fourth-order valence-electron chi connectivity index (χ4n) is 3.95. The van der Waals surface area contributed by atoms with Gasteiger partial charge in [-0.2, -0.15) is 0 Å². The molecule has 1 amide bonds. The number of amides is 1. The van der Waals surface area contributed by atoms with Crippen molar-refractivity contribution in [3.05, 3.63) is 70.8 Å². The number of fused-ring (bicyclic) bond motifs is 2. The lowest BCUT2D eigenvalue weighted by molar-refractivity contribution is 0.0401. The fraction of sp³-hybridized carbons (Fsp3) is 0.350. The van der Waals surface area contributed by atoms with Gasteiger partial charge in [-0.15, -0.1) is 0 Å². The third-order valence-electron chi connectivity index (χ3n) is 5.11. The molecule has 118 valence electrons. The normalized spacial score (nSPS) is 21.0. The lowest BCUT2D eigenvalue weighted by Crippen LogP contribution is -2.57. The Balaban J connectivity index is 1.54. The van der Waals surface area contributed by atoms with Crippen LogP contribution in [0.5, 0.6) is 0 Å². The molecule has 3 nitrogen and oxygen atoms in total. The van der Waals surface area contributed by atoms with Gasteiger partial charge in [0.05, 0.1) is 0 Å². The molecule has 1 unspecified atom stereocenters. The second-order valence-electron chi connectivity index (χ2n) is 6.69. The smallest absolute Gasteiger partial charge is 0.254 e. The topological polar surface area (TPSA) is 23.6 Å². The Kier molecular flexibility index (Phi) is 3.66. The van der Waals surface area contributed by atoms with E-state index >= 15 is 0 Å². The molecule has 1 fully saturated rings. The average molecular weight is 306 g/mol. The number of carbonyl (C=O) groups is 1. The first-order chi connectivity index (χ1) is 11.2. The second-order valence-corrected chi connectivity index (χ2v) is 6.69. The van der Waals surface area contributed by atoms with Gasteiger partial charge in [-0.25, -0.2) is 0 Å². The molecule has 1 atom stereocenters. The van der Waals surface area contributed by atoms with Crippen LogP contribution in [0.3, 0.4) is 0 Å². The monoisotopic (exact) mass is 306 g/mol. The molecule has 0 saturated carbocycles. The van der Waals surface area contributed by atoms with Crippen molar-refractivity contribution in [3.63, 3.8) is 0 Å². The molecular weight excluding hydrogens is 284 g/mol. The molecule has 2 aromatic carbocycles. The Bertz CT molecular complexity index is 726.